The van der Waals surface area contributed by atoms with E-state index < -0.39 is 0 Å². The van der Waals surface area contributed by atoms with Crippen molar-refractivity contribution < 1.29 is 4.79 Å². The number of carbonyl (C=O) groups is 1. The van der Waals surface area contributed by atoms with Gasteiger partial charge in [-0.25, -0.2) is 0 Å². The third kappa shape index (κ3) is 5.17. The molecule has 0 atom stereocenters. The van der Waals surface area contributed by atoms with Crippen molar-refractivity contribution in [1.82, 2.24) is 25.5 Å². The summed E-state index contributed by atoms with van der Waals surface area (Å²) in [5.41, 5.74) is 0. The normalized spacial score (nSPS) is 10.1. The van der Waals surface area contributed by atoms with Crippen LogP contribution in [0, 0.1) is 0 Å². The number of carbonyl (C=O) groups excluding carboxylic acids is 1. The highest BCUT2D eigenvalue weighted by Gasteiger charge is 2.07. The summed E-state index contributed by atoms with van der Waals surface area (Å²) in [6.45, 7) is 4.62. The first-order valence-corrected chi connectivity index (χ1v) is 6.45. The number of unbranched alkanes of at least 4 members (excludes halogenated alkanes) is 2. The van der Waals surface area contributed by atoms with Crippen molar-refractivity contribution in [2.24, 2.45) is 0 Å². The summed E-state index contributed by atoms with van der Waals surface area (Å²) in [5.74, 6) is 0.194. The van der Waals surface area contributed by atoms with Gasteiger partial charge in [-0.05, 0) is 30.8 Å². The number of nitrogens with one attached hydrogen (secondary N) is 2. The molecule has 0 aliphatic heterocycles. The number of amides is 1. The van der Waals surface area contributed by atoms with Gasteiger partial charge in [0.2, 0.25) is 5.91 Å². The van der Waals surface area contributed by atoms with E-state index in [0.29, 0.717) is 13.0 Å². The Morgan fingerprint density at radius 2 is 2.17 bits per heavy atom. The smallest absolute Gasteiger partial charge is 0.269 e. The highest BCUT2D eigenvalue weighted by molar-refractivity contribution is 7.80. The van der Waals surface area contributed by atoms with Crippen molar-refractivity contribution in [2.75, 3.05) is 5.32 Å². The Morgan fingerprint density at radius 1 is 1.39 bits per heavy atom. The summed E-state index contributed by atoms with van der Waals surface area (Å²) in [5, 5.41) is 17.0. The van der Waals surface area contributed by atoms with E-state index in [1.54, 1.807) is 0 Å². The van der Waals surface area contributed by atoms with Crippen LogP contribution in [0.5, 0.6) is 0 Å². The molecule has 0 aliphatic carbocycles. The van der Waals surface area contributed by atoms with Gasteiger partial charge in [-0.15, -0.1) is 5.10 Å². The van der Waals surface area contributed by atoms with Crippen LogP contribution < -0.4 is 10.6 Å². The van der Waals surface area contributed by atoms with E-state index in [4.69, 9.17) is 12.2 Å². The summed E-state index contributed by atoms with van der Waals surface area (Å²) in [7, 11) is 0. The lowest BCUT2D eigenvalue weighted by Crippen LogP contribution is -2.34. The molecule has 100 valence electrons. The molecule has 18 heavy (non-hydrogen) atoms. The zero-order valence-corrected chi connectivity index (χ0v) is 11.5. The van der Waals surface area contributed by atoms with Crippen LogP contribution in [-0.2, 0) is 11.3 Å². The first-order chi connectivity index (χ1) is 8.65. The van der Waals surface area contributed by atoms with Crippen LogP contribution in [0.2, 0.25) is 0 Å². The van der Waals surface area contributed by atoms with Crippen molar-refractivity contribution in [3.8, 4) is 0 Å². The van der Waals surface area contributed by atoms with Crippen molar-refractivity contribution in [1.29, 1.82) is 0 Å². The standard InChI is InChI=1S/C10H18N6OS/c1-3-5-6-7-8(17)11-10(18)12-9-13-15-16(4-2)14-9/h3-7H2,1-2H3,(H2,11,12,14,17,18). The maximum atomic E-state index is 11.5. The second kappa shape index (κ2) is 7.70. The third-order valence-corrected chi connectivity index (χ3v) is 2.43. The SMILES string of the molecule is CCCCCC(=O)NC(=S)Nc1nnn(CC)n1. The number of rotatable bonds is 6. The first kappa shape index (κ1) is 14.5. The van der Waals surface area contributed by atoms with Crippen LogP contribution >= 0.6 is 12.2 Å². The molecule has 8 heteroatoms. The van der Waals surface area contributed by atoms with Crippen molar-refractivity contribution >= 4 is 29.2 Å². The van der Waals surface area contributed by atoms with Crippen LogP contribution in [0.15, 0.2) is 0 Å². The summed E-state index contributed by atoms with van der Waals surface area (Å²) >= 11 is 4.98. The molecule has 0 bridgehead atoms. The number of hydrogen-bond acceptors (Lipinski definition) is 5. The van der Waals surface area contributed by atoms with Crippen LogP contribution in [0.3, 0.4) is 0 Å². The molecule has 1 rings (SSSR count). The topological polar surface area (TPSA) is 84.7 Å². The fourth-order valence-electron chi connectivity index (χ4n) is 1.28. The van der Waals surface area contributed by atoms with Gasteiger partial charge in [0.25, 0.3) is 5.95 Å². The van der Waals surface area contributed by atoms with E-state index in [0.717, 1.165) is 19.3 Å². The number of hydrogen-bond donors (Lipinski definition) is 2. The lowest BCUT2D eigenvalue weighted by Gasteiger charge is -2.05. The average molecular weight is 270 g/mol. The maximum absolute atomic E-state index is 11.5. The molecule has 1 heterocycles. The lowest BCUT2D eigenvalue weighted by atomic mass is 10.2. The summed E-state index contributed by atoms with van der Waals surface area (Å²) in [4.78, 5) is 12.9. The number of thiocarbonyl (C=S) groups is 1. The third-order valence-electron chi connectivity index (χ3n) is 2.22. The molecule has 0 radical (unpaired) electrons. The molecule has 0 unspecified atom stereocenters. The molecule has 7 nitrogen and oxygen atoms in total. The Balaban J connectivity index is 2.30. The van der Waals surface area contributed by atoms with Crippen LogP contribution in [0.1, 0.15) is 39.5 Å². The van der Waals surface area contributed by atoms with Gasteiger partial charge in [0, 0.05) is 6.42 Å². The molecular weight excluding hydrogens is 252 g/mol. The molecule has 0 fully saturated rings. The first-order valence-electron chi connectivity index (χ1n) is 6.04. The maximum Gasteiger partial charge on any atom is 0.269 e. The average Bonchev–Trinajstić information content (AvgIpc) is 2.76. The number of anilines is 1. The largest absolute Gasteiger partial charge is 0.303 e. The fraction of sp³-hybridized carbons (Fsp3) is 0.700. The molecular formula is C10H18N6OS. The van der Waals surface area contributed by atoms with Crippen LogP contribution in [0.4, 0.5) is 5.95 Å². The van der Waals surface area contributed by atoms with Gasteiger partial charge >= 0.3 is 0 Å². The number of nitrogens with zero attached hydrogens (tertiary/aromatic N) is 4. The number of aryl methyl sites for hydroxylation is 1. The van der Waals surface area contributed by atoms with E-state index in [1.165, 1.54) is 4.80 Å². The van der Waals surface area contributed by atoms with Gasteiger partial charge in [0.05, 0.1) is 6.54 Å². The monoisotopic (exact) mass is 270 g/mol. The molecule has 0 saturated heterocycles. The van der Waals surface area contributed by atoms with Gasteiger partial charge in [0.1, 0.15) is 0 Å². The van der Waals surface area contributed by atoms with Gasteiger partial charge in [-0.2, -0.15) is 4.80 Å². The molecule has 0 spiro atoms. The Labute approximate surface area is 111 Å². The van der Waals surface area contributed by atoms with E-state index in [1.807, 2.05) is 6.92 Å². The second-order valence-electron chi connectivity index (χ2n) is 3.76. The van der Waals surface area contributed by atoms with E-state index >= 15 is 0 Å². The molecule has 0 aromatic carbocycles. The van der Waals surface area contributed by atoms with Crippen molar-refractivity contribution in [3.05, 3.63) is 0 Å². The predicted octanol–water partition coefficient (Wildman–Crippen LogP) is 1.09. The second-order valence-corrected chi connectivity index (χ2v) is 4.17. The molecule has 2 N–H and O–H groups in total. The predicted molar refractivity (Wildman–Crippen MR) is 72.0 cm³/mol. The zero-order chi connectivity index (χ0) is 13.4. The molecule has 1 aromatic heterocycles. The quantitative estimate of drug-likeness (QED) is 0.594. The molecule has 1 amide bonds. The molecule has 1 aromatic rings. The molecule has 0 saturated carbocycles. The van der Waals surface area contributed by atoms with Crippen molar-refractivity contribution in [2.45, 2.75) is 46.1 Å². The summed E-state index contributed by atoms with van der Waals surface area (Å²) in [6.07, 6.45) is 3.47. The minimum atomic E-state index is -0.0937. The minimum Gasteiger partial charge on any atom is -0.303 e. The van der Waals surface area contributed by atoms with Gasteiger partial charge in [-0.3, -0.25) is 10.1 Å². The van der Waals surface area contributed by atoms with E-state index in [2.05, 4.69) is 33.0 Å². The summed E-state index contributed by atoms with van der Waals surface area (Å²) < 4.78 is 0. The van der Waals surface area contributed by atoms with E-state index in [-0.39, 0.29) is 17.0 Å². The summed E-state index contributed by atoms with van der Waals surface area (Å²) in [6, 6.07) is 0. The van der Waals surface area contributed by atoms with Crippen LogP contribution in [0.25, 0.3) is 0 Å². The Morgan fingerprint density at radius 3 is 2.78 bits per heavy atom. The van der Waals surface area contributed by atoms with Crippen LogP contribution in [-0.4, -0.2) is 31.2 Å². The fourth-order valence-corrected chi connectivity index (χ4v) is 1.49. The Hall–Kier alpha value is -1.57. The number of tetrazole rings is 1. The highest BCUT2D eigenvalue weighted by atomic mass is 32.1. The molecule has 0 aliphatic rings. The zero-order valence-electron chi connectivity index (χ0n) is 10.6. The Bertz CT molecular complexity index is 405. The lowest BCUT2D eigenvalue weighted by molar-refractivity contribution is -0.119. The Kier molecular flexibility index (Phi) is 6.20. The highest BCUT2D eigenvalue weighted by Crippen LogP contribution is 1.99. The number of aromatic nitrogens is 4. The van der Waals surface area contributed by atoms with Gasteiger partial charge in [0.15, 0.2) is 5.11 Å². The minimum absolute atomic E-state index is 0.0937. The van der Waals surface area contributed by atoms with Gasteiger partial charge < -0.3 is 5.32 Å². The van der Waals surface area contributed by atoms with Crippen molar-refractivity contribution in [3.63, 3.8) is 0 Å². The van der Waals surface area contributed by atoms with E-state index in [9.17, 15) is 4.79 Å². The van der Waals surface area contributed by atoms with Gasteiger partial charge in [-0.1, -0.05) is 24.9 Å².